The number of aromatic nitrogens is 2. The molecule has 0 spiro atoms. The first kappa shape index (κ1) is 6.99. The van der Waals surface area contributed by atoms with E-state index < -0.39 is 0 Å². The molecule has 0 atom stereocenters. The highest BCUT2D eigenvalue weighted by Crippen LogP contribution is 2.08. The predicted octanol–water partition coefficient (Wildman–Crippen LogP) is 1.67. The van der Waals surface area contributed by atoms with Crippen molar-refractivity contribution in [3.05, 3.63) is 18.4 Å². The average Bonchev–Trinajstić information content (AvgIpc) is 2.34. The Balaban J connectivity index is 2.88. The van der Waals surface area contributed by atoms with Gasteiger partial charge in [-0.25, -0.2) is 0 Å². The lowest BCUT2D eigenvalue weighted by molar-refractivity contribution is 0.488. The van der Waals surface area contributed by atoms with Gasteiger partial charge < -0.3 is 4.42 Å². The highest BCUT2D eigenvalue weighted by atomic mass is 16.4. The highest BCUT2D eigenvalue weighted by Gasteiger charge is 2.02. The summed E-state index contributed by atoms with van der Waals surface area (Å²) in [6.45, 7) is 7.48. The largest absolute Gasteiger partial charge is 0.421 e. The van der Waals surface area contributed by atoms with Crippen LogP contribution in [0.15, 0.2) is 11.0 Å². The average molecular weight is 138 g/mol. The SMILES string of the molecule is C=C(C)c1nnc(CC)o1. The maximum absolute atomic E-state index is 5.17. The van der Waals surface area contributed by atoms with E-state index in [1.165, 1.54) is 0 Å². The van der Waals surface area contributed by atoms with Gasteiger partial charge in [-0.15, -0.1) is 10.2 Å². The van der Waals surface area contributed by atoms with Crippen molar-refractivity contribution in [2.75, 3.05) is 0 Å². The van der Waals surface area contributed by atoms with Crippen molar-refractivity contribution >= 4 is 5.57 Å². The molecule has 0 fully saturated rings. The lowest BCUT2D eigenvalue weighted by Crippen LogP contribution is -1.76. The molecular weight excluding hydrogens is 128 g/mol. The standard InChI is InChI=1S/C7H10N2O/c1-4-6-8-9-7(10-6)5(2)3/h2,4H2,1,3H3. The molecule has 0 amide bonds. The molecule has 54 valence electrons. The molecule has 0 aromatic carbocycles. The molecule has 0 aliphatic carbocycles. The molecule has 0 bridgehead atoms. The van der Waals surface area contributed by atoms with E-state index >= 15 is 0 Å². The van der Waals surface area contributed by atoms with Crippen molar-refractivity contribution in [3.63, 3.8) is 0 Å². The Hall–Kier alpha value is -1.12. The zero-order valence-corrected chi connectivity index (χ0v) is 6.22. The highest BCUT2D eigenvalue weighted by molar-refractivity contribution is 5.51. The zero-order chi connectivity index (χ0) is 7.56. The number of nitrogens with zero attached hydrogens (tertiary/aromatic N) is 2. The molecule has 1 rings (SSSR count). The van der Waals surface area contributed by atoms with E-state index in [2.05, 4.69) is 16.8 Å². The van der Waals surface area contributed by atoms with Crippen LogP contribution in [0, 0.1) is 0 Å². The number of hydrogen-bond donors (Lipinski definition) is 0. The van der Waals surface area contributed by atoms with Crippen LogP contribution in [-0.2, 0) is 6.42 Å². The number of rotatable bonds is 2. The van der Waals surface area contributed by atoms with Crippen LogP contribution in [0.1, 0.15) is 25.6 Å². The second kappa shape index (κ2) is 2.64. The Kier molecular flexibility index (Phi) is 1.85. The summed E-state index contributed by atoms with van der Waals surface area (Å²) >= 11 is 0. The predicted molar refractivity (Wildman–Crippen MR) is 38.4 cm³/mol. The van der Waals surface area contributed by atoms with Crippen LogP contribution in [0.3, 0.4) is 0 Å². The van der Waals surface area contributed by atoms with E-state index in [9.17, 15) is 0 Å². The second-order valence-corrected chi connectivity index (χ2v) is 2.13. The van der Waals surface area contributed by atoms with Gasteiger partial charge in [0.2, 0.25) is 11.8 Å². The van der Waals surface area contributed by atoms with Gasteiger partial charge in [-0.1, -0.05) is 13.5 Å². The topological polar surface area (TPSA) is 38.9 Å². The molecular formula is C7H10N2O. The van der Waals surface area contributed by atoms with Crippen LogP contribution in [0.4, 0.5) is 0 Å². The summed E-state index contributed by atoms with van der Waals surface area (Å²) in [6, 6.07) is 0. The Morgan fingerprint density at radius 1 is 1.60 bits per heavy atom. The molecule has 10 heavy (non-hydrogen) atoms. The first-order valence-electron chi connectivity index (χ1n) is 3.22. The lowest BCUT2D eigenvalue weighted by atomic mass is 10.4. The van der Waals surface area contributed by atoms with E-state index in [0.717, 1.165) is 12.0 Å². The summed E-state index contributed by atoms with van der Waals surface area (Å²) in [7, 11) is 0. The van der Waals surface area contributed by atoms with Gasteiger partial charge in [0.05, 0.1) is 0 Å². The van der Waals surface area contributed by atoms with Gasteiger partial charge in [0, 0.05) is 12.0 Å². The van der Waals surface area contributed by atoms with Gasteiger partial charge in [-0.2, -0.15) is 0 Å². The van der Waals surface area contributed by atoms with Gasteiger partial charge in [0.25, 0.3) is 0 Å². The third kappa shape index (κ3) is 1.23. The molecule has 0 radical (unpaired) electrons. The van der Waals surface area contributed by atoms with Crippen LogP contribution < -0.4 is 0 Å². The Bertz CT molecular complexity index is 240. The maximum Gasteiger partial charge on any atom is 0.242 e. The molecule has 0 saturated carbocycles. The molecule has 0 aliphatic heterocycles. The Morgan fingerprint density at radius 2 is 2.30 bits per heavy atom. The van der Waals surface area contributed by atoms with E-state index in [1.807, 2.05) is 13.8 Å². The van der Waals surface area contributed by atoms with Crippen molar-refractivity contribution in [1.82, 2.24) is 10.2 Å². The van der Waals surface area contributed by atoms with Crippen molar-refractivity contribution in [1.29, 1.82) is 0 Å². The first-order chi connectivity index (χ1) is 4.74. The quantitative estimate of drug-likeness (QED) is 0.624. The molecule has 0 N–H and O–H groups in total. The fourth-order valence-corrected chi connectivity index (χ4v) is 0.569. The van der Waals surface area contributed by atoms with Crippen LogP contribution in [0.25, 0.3) is 5.57 Å². The van der Waals surface area contributed by atoms with E-state index in [0.29, 0.717) is 11.8 Å². The van der Waals surface area contributed by atoms with E-state index in [4.69, 9.17) is 4.42 Å². The fourth-order valence-electron chi connectivity index (χ4n) is 0.569. The normalized spacial score (nSPS) is 9.80. The molecule has 1 heterocycles. The summed E-state index contributed by atoms with van der Waals surface area (Å²) in [6.07, 6.45) is 0.778. The Labute approximate surface area is 59.8 Å². The molecule has 3 heteroatoms. The maximum atomic E-state index is 5.17. The van der Waals surface area contributed by atoms with Gasteiger partial charge in [-0.3, -0.25) is 0 Å². The lowest BCUT2D eigenvalue weighted by Gasteiger charge is -1.85. The summed E-state index contributed by atoms with van der Waals surface area (Å²) in [5.74, 6) is 1.20. The van der Waals surface area contributed by atoms with Crippen molar-refractivity contribution in [3.8, 4) is 0 Å². The smallest absolute Gasteiger partial charge is 0.242 e. The molecule has 3 nitrogen and oxygen atoms in total. The van der Waals surface area contributed by atoms with Crippen molar-refractivity contribution in [2.24, 2.45) is 0 Å². The summed E-state index contributed by atoms with van der Waals surface area (Å²) in [5, 5.41) is 7.55. The number of allylic oxidation sites excluding steroid dienone is 1. The molecule has 0 saturated heterocycles. The second-order valence-electron chi connectivity index (χ2n) is 2.13. The number of hydrogen-bond acceptors (Lipinski definition) is 3. The van der Waals surface area contributed by atoms with Crippen molar-refractivity contribution in [2.45, 2.75) is 20.3 Å². The monoisotopic (exact) mass is 138 g/mol. The third-order valence-corrected chi connectivity index (χ3v) is 1.13. The first-order valence-corrected chi connectivity index (χ1v) is 3.22. The zero-order valence-electron chi connectivity index (χ0n) is 6.22. The minimum absolute atomic E-state index is 0.539. The van der Waals surface area contributed by atoms with Gasteiger partial charge >= 0.3 is 0 Å². The van der Waals surface area contributed by atoms with Crippen LogP contribution in [0.5, 0.6) is 0 Å². The molecule has 1 aromatic rings. The van der Waals surface area contributed by atoms with Gasteiger partial charge in [0.15, 0.2) is 0 Å². The van der Waals surface area contributed by atoms with Crippen LogP contribution in [0.2, 0.25) is 0 Å². The van der Waals surface area contributed by atoms with E-state index in [-0.39, 0.29) is 0 Å². The van der Waals surface area contributed by atoms with Gasteiger partial charge in [-0.05, 0) is 6.92 Å². The Morgan fingerprint density at radius 3 is 2.60 bits per heavy atom. The minimum atomic E-state index is 0.539. The minimum Gasteiger partial charge on any atom is -0.421 e. The number of aryl methyl sites for hydroxylation is 1. The fraction of sp³-hybridized carbons (Fsp3) is 0.429. The molecule has 1 aromatic heterocycles. The van der Waals surface area contributed by atoms with Gasteiger partial charge in [0.1, 0.15) is 0 Å². The molecule has 0 unspecified atom stereocenters. The summed E-state index contributed by atoms with van der Waals surface area (Å²) in [5.41, 5.74) is 0.812. The van der Waals surface area contributed by atoms with E-state index in [1.54, 1.807) is 0 Å². The van der Waals surface area contributed by atoms with Crippen LogP contribution in [-0.4, -0.2) is 10.2 Å². The van der Waals surface area contributed by atoms with Crippen molar-refractivity contribution < 1.29 is 4.42 Å². The third-order valence-electron chi connectivity index (χ3n) is 1.13. The van der Waals surface area contributed by atoms with Crippen LogP contribution >= 0.6 is 0 Å². The summed E-state index contributed by atoms with van der Waals surface area (Å²) < 4.78 is 5.17. The summed E-state index contributed by atoms with van der Waals surface area (Å²) in [4.78, 5) is 0. The molecule has 0 aliphatic rings.